The highest BCUT2D eigenvalue weighted by atomic mass is 32.1. The summed E-state index contributed by atoms with van der Waals surface area (Å²) in [5.74, 6) is 0.223. The second kappa shape index (κ2) is 13.0. The highest BCUT2D eigenvalue weighted by molar-refractivity contribution is 7.10. The van der Waals surface area contributed by atoms with Crippen LogP contribution in [0.25, 0.3) is 0 Å². The Labute approximate surface area is 166 Å². The van der Waals surface area contributed by atoms with Crippen LogP contribution in [0.1, 0.15) is 52.0 Å². The molecular weight excluding hydrogens is 360 g/mol. The quantitative estimate of drug-likeness (QED) is 0.686. The second-order valence-electron chi connectivity index (χ2n) is 7.03. The zero-order valence-corrected chi connectivity index (χ0v) is 17.9. The fourth-order valence-electron chi connectivity index (χ4n) is 1.97. The number of carbonyl (C=O) groups is 3. The molecule has 5 heteroatoms. The van der Waals surface area contributed by atoms with Gasteiger partial charge in [-0.3, -0.25) is 14.4 Å². The number of ketones is 2. The van der Waals surface area contributed by atoms with Crippen LogP contribution >= 0.6 is 11.3 Å². The molecule has 0 aliphatic rings. The maximum Gasteiger partial charge on any atom is 0.303 e. The van der Waals surface area contributed by atoms with E-state index in [1.807, 2.05) is 68.6 Å². The Balaban J connectivity index is 0.000000379. The van der Waals surface area contributed by atoms with Gasteiger partial charge < -0.3 is 4.74 Å². The lowest BCUT2D eigenvalue weighted by molar-refractivity contribution is -0.151. The van der Waals surface area contributed by atoms with Crippen molar-refractivity contribution in [1.29, 1.82) is 0 Å². The fraction of sp³-hybridized carbons (Fsp3) is 0.409. The van der Waals surface area contributed by atoms with Crippen molar-refractivity contribution in [3.8, 4) is 0 Å². The normalized spacial score (nSPS) is 9.85. The summed E-state index contributed by atoms with van der Waals surface area (Å²) < 4.78 is 4.80. The molecule has 0 amide bonds. The Kier molecular flexibility index (Phi) is 11.9. The molecule has 0 bridgehead atoms. The number of esters is 1. The van der Waals surface area contributed by atoms with E-state index in [4.69, 9.17) is 4.74 Å². The molecule has 0 saturated carbocycles. The molecule has 27 heavy (non-hydrogen) atoms. The van der Waals surface area contributed by atoms with Crippen LogP contribution in [0, 0.1) is 0 Å². The van der Waals surface area contributed by atoms with Crippen molar-refractivity contribution in [2.24, 2.45) is 0 Å². The van der Waals surface area contributed by atoms with Crippen LogP contribution in [0.2, 0.25) is 0 Å². The lowest BCUT2D eigenvalue weighted by Gasteiger charge is -2.17. The molecule has 0 unspecified atom stereocenters. The van der Waals surface area contributed by atoms with Gasteiger partial charge in [0.15, 0.2) is 0 Å². The first-order valence-corrected chi connectivity index (χ1v) is 9.62. The molecule has 0 radical (unpaired) electrons. The van der Waals surface area contributed by atoms with Gasteiger partial charge in [-0.15, -0.1) is 11.3 Å². The number of rotatable bonds is 4. The molecule has 0 aliphatic carbocycles. The molecule has 148 valence electrons. The number of hydrogen-bond acceptors (Lipinski definition) is 5. The summed E-state index contributed by atoms with van der Waals surface area (Å²) in [4.78, 5) is 32.5. The summed E-state index contributed by atoms with van der Waals surface area (Å²) >= 11 is 1.63. The smallest absolute Gasteiger partial charge is 0.303 e. The summed E-state index contributed by atoms with van der Waals surface area (Å²) in [7, 11) is 0. The molecule has 0 N–H and O–H groups in total. The van der Waals surface area contributed by atoms with Crippen molar-refractivity contribution in [3.63, 3.8) is 0 Å². The van der Waals surface area contributed by atoms with Crippen LogP contribution in [0.4, 0.5) is 0 Å². The average molecular weight is 391 g/mol. The van der Waals surface area contributed by atoms with Crippen LogP contribution < -0.4 is 0 Å². The first kappa shape index (κ1) is 24.7. The van der Waals surface area contributed by atoms with Gasteiger partial charge in [0.05, 0.1) is 0 Å². The SMILES string of the molecule is CC(=O)Cc1ccccc1.CC(=O)Cc1cccs1.CC(=O)OC(C)(C)C. The number of thiophene rings is 1. The maximum absolute atomic E-state index is 10.6. The number of ether oxygens (including phenoxy) is 1. The van der Waals surface area contributed by atoms with E-state index in [9.17, 15) is 14.4 Å². The lowest BCUT2D eigenvalue weighted by Crippen LogP contribution is -2.21. The summed E-state index contributed by atoms with van der Waals surface area (Å²) in [5.41, 5.74) is 0.765. The zero-order chi connectivity index (χ0) is 20.9. The van der Waals surface area contributed by atoms with E-state index < -0.39 is 0 Å². The first-order chi connectivity index (χ1) is 12.5. The predicted octanol–water partition coefficient (Wildman–Crippen LogP) is 5.05. The molecule has 0 saturated heterocycles. The van der Waals surface area contributed by atoms with E-state index >= 15 is 0 Å². The molecule has 0 atom stereocenters. The Morgan fingerprint density at radius 1 is 0.852 bits per heavy atom. The zero-order valence-electron chi connectivity index (χ0n) is 17.1. The Morgan fingerprint density at radius 2 is 1.41 bits per heavy atom. The van der Waals surface area contributed by atoms with Gasteiger partial charge in [-0.25, -0.2) is 0 Å². The van der Waals surface area contributed by atoms with Crippen LogP contribution in [0.15, 0.2) is 47.8 Å². The van der Waals surface area contributed by atoms with Crippen LogP contribution in [0.5, 0.6) is 0 Å². The van der Waals surface area contributed by atoms with Crippen molar-refractivity contribution >= 4 is 28.9 Å². The van der Waals surface area contributed by atoms with E-state index in [-0.39, 0.29) is 23.1 Å². The highest BCUT2D eigenvalue weighted by Crippen LogP contribution is 2.08. The van der Waals surface area contributed by atoms with Crippen LogP contribution in [-0.4, -0.2) is 23.1 Å². The number of hydrogen-bond donors (Lipinski definition) is 0. The van der Waals surface area contributed by atoms with Crippen molar-refractivity contribution in [2.75, 3.05) is 0 Å². The summed E-state index contributed by atoms with van der Waals surface area (Å²) in [6.07, 6.45) is 1.15. The number of carbonyl (C=O) groups excluding carboxylic acids is 3. The van der Waals surface area contributed by atoms with E-state index in [0.717, 1.165) is 10.4 Å². The molecule has 2 aromatic rings. The minimum atomic E-state index is -0.328. The lowest BCUT2D eigenvalue weighted by atomic mass is 10.1. The summed E-state index contributed by atoms with van der Waals surface area (Å²) in [6.45, 7) is 10.1. The Morgan fingerprint density at radius 3 is 1.74 bits per heavy atom. The van der Waals surface area contributed by atoms with Crippen molar-refractivity contribution in [3.05, 3.63) is 58.3 Å². The third-order valence-corrected chi connectivity index (χ3v) is 3.63. The van der Waals surface area contributed by atoms with E-state index in [0.29, 0.717) is 12.8 Å². The molecular formula is C22H30O4S. The van der Waals surface area contributed by atoms with Gasteiger partial charge in [-0.1, -0.05) is 36.4 Å². The Bertz CT molecular complexity index is 683. The topological polar surface area (TPSA) is 60.4 Å². The molecule has 1 aromatic heterocycles. The molecule has 0 spiro atoms. The molecule has 4 nitrogen and oxygen atoms in total. The van der Waals surface area contributed by atoms with Crippen molar-refractivity contribution in [1.82, 2.24) is 0 Å². The van der Waals surface area contributed by atoms with Gasteiger partial charge in [0.2, 0.25) is 0 Å². The minimum absolute atomic E-state index is 0.214. The van der Waals surface area contributed by atoms with Gasteiger partial charge in [0.25, 0.3) is 0 Å². The van der Waals surface area contributed by atoms with E-state index in [1.54, 1.807) is 25.2 Å². The second-order valence-corrected chi connectivity index (χ2v) is 8.06. The van der Waals surface area contributed by atoms with Crippen molar-refractivity contribution in [2.45, 2.75) is 60.0 Å². The third kappa shape index (κ3) is 16.9. The number of benzene rings is 1. The minimum Gasteiger partial charge on any atom is -0.460 e. The average Bonchev–Trinajstić information content (AvgIpc) is 2.98. The highest BCUT2D eigenvalue weighted by Gasteiger charge is 2.11. The van der Waals surface area contributed by atoms with Gasteiger partial charge in [0, 0.05) is 24.6 Å². The fourth-order valence-corrected chi connectivity index (χ4v) is 2.75. The standard InChI is InChI=1S/C9H10O.C7H8OS.C6H12O2/c1-8(10)7-9-5-3-2-4-6-9;1-6(8)5-7-3-2-4-9-7;1-5(7)8-6(2,3)4/h2-6H,7H2,1H3;2-4H,5H2,1H3;1-4H3. The monoisotopic (exact) mass is 390 g/mol. The summed E-state index contributed by atoms with van der Waals surface area (Å²) in [6, 6.07) is 13.7. The molecule has 1 heterocycles. The van der Waals surface area contributed by atoms with Gasteiger partial charge in [0.1, 0.15) is 17.2 Å². The number of Topliss-reactive ketones (excluding diaryl/α,β-unsaturated/α-hetero) is 2. The predicted molar refractivity (Wildman–Crippen MR) is 111 cm³/mol. The molecule has 1 aromatic carbocycles. The van der Waals surface area contributed by atoms with Crippen LogP contribution in [0.3, 0.4) is 0 Å². The van der Waals surface area contributed by atoms with E-state index in [2.05, 4.69) is 0 Å². The first-order valence-electron chi connectivity index (χ1n) is 8.74. The van der Waals surface area contributed by atoms with Crippen molar-refractivity contribution < 1.29 is 19.1 Å². The Hall–Kier alpha value is -2.27. The molecule has 0 fully saturated rings. The van der Waals surface area contributed by atoms with Crippen LogP contribution in [-0.2, 0) is 32.0 Å². The van der Waals surface area contributed by atoms with Gasteiger partial charge in [-0.05, 0) is 51.6 Å². The van der Waals surface area contributed by atoms with E-state index in [1.165, 1.54) is 6.92 Å². The molecule has 0 aliphatic heterocycles. The largest absolute Gasteiger partial charge is 0.460 e. The van der Waals surface area contributed by atoms with Gasteiger partial charge in [-0.2, -0.15) is 0 Å². The third-order valence-electron chi connectivity index (χ3n) is 2.75. The van der Waals surface area contributed by atoms with Gasteiger partial charge >= 0.3 is 5.97 Å². The molecule has 2 rings (SSSR count). The maximum atomic E-state index is 10.6. The summed E-state index contributed by atoms with van der Waals surface area (Å²) in [5, 5.41) is 1.98.